The molecule has 3 rings (SSSR count). The first-order valence-corrected chi connectivity index (χ1v) is 6.43. The Kier molecular flexibility index (Phi) is 3.96. The predicted molar refractivity (Wildman–Crippen MR) is 73.0 cm³/mol. The Bertz CT molecular complexity index is 544. The molecule has 1 saturated carbocycles. The van der Waals surface area contributed by atoms with E-state index in [-0.39, 0.29) is 12.4 Å². The van der Waals surface area contributed by atoms with Gasteiger partial charge in [-0.1, -0.05) is 24.9 Å². The molecule has 5 nitrogen and oxygen atoms in total. The molecule has 0 atom stereocenters. The Labute approximate surface area is 118 Å². The number of aryl methyl sites for hydroxylation is 1. The first-order valence-electron chi connectivity index (χ1n) is 6.43. The molecular weight excluding hydrogens is 266 g/mol. The lowest BCUT2D eigenvalue weighted by atomic mass is 9.99. The first kappa shape index (κ1) is 14.1. The van der Waals surface area contributed by atoms with Crippen LogP contribution in [0.3, 0.4) is 0 Å². The second-order valence-electron chi connectivity index (χ2n) is 4.90. The van der Waals surface area contributed by atoms with Crippen molar-refractivity contribution in [3.8, 4) is 11.5 Å². The van der Waals surface area contributed by atoms with Crippen LogP contribution in [0.4, 0.5) is 0 Å². The van der Waals surface area contributed by atoms with Gasteiger partial charge in [0, 0.05) is 6.42 Å². The maximum Gasteiger partial charge on any atom is 0.261 e. The van der Waals surface area contributed by atoms with Crippen molar-refractivity contribution in [2.45, 2.75) is 44.6 Å². The minimum Gasteiger partial charge on any atom is -0.469 e. The molecule has 0 aromatic carbocycles. The first-order chi connectivity index (χ1) is 8.73. The highest BCUT2D eigenvalue weighted by Gasteiger charge is 2.36. The third-order valence-corrected chi connectivity index (χ3v) is 3.66. The Morgan fingerprint density at radius 3 is 2.79 bits per heavy atom. The number of nitrogens with zero attached hydrogens (tertiary/aromatic N) is 2. The fourth-order valence-corrected chi connectivity index (χ4v) is 2.57. The summed E-state index contributed by atoms with van der Waals surface area (Å²) in [7, 11) is 0. The van der Waals surface area contributed by atoms with Crippen LogP contribution in [-0.2, 0) is 12.0 Å². The molecule has 0 bridgehead atoms. The molecule has 0 amide bonds. The molecule has 19 heavy (non-hydrogen) atoms. The minimum absolute atomic E-state index is 0. The van der Waals surface area contributed by atoms with Crippen LogP contribution in [0.5, 0.6) is 0 Å². The van der Waals surface area contributed by atoms with E-state index < -0.39 is 5.54 Å². The van der Waals surface area contributed by atoms with Crippen molar-refractivity contribution in [3.63, 3.8) is 0 Å². The zero-order valence-electron chi connectivity index (χ0n) is 10.9. The smallest absolute Gasteiger partial charge is 0.261 e. The lowest BCUT2D eigenvalue weighted by molar-refractivity contribution is 0.372. The standard InChI is InChI=1S/C13H17N3O2.ClH/c1-2-10-9(5-8-17-10)11-15-12(16-18-11)13(14)6-3-4-7-13;/h5,8H,2-4,6-7,14H2,1H3;1H. The molecule has 0 aliphatic heterocycles. The van der Waals surface area contributed by atoms with Crippen LogP contribution in [0.1, 0.15) is 44.2 Å². The fraction of sp³-hybridized carbons (Fsp3) is 0.538. The largest absolute Gasteiger partial charge is 0.469 e. The molecule has 0 radical (unpaired) electrons. The SMILES string of the molecule is CCc1occc1-c1nc(C2(N)CCCC2)no1.Cl. The van der Waals surface area contributed by atoms with E-state index in [2.05, 4.69) is 10.1 Å². The van der Waals surface area contributed by atoms with E-state index in [0.29, 0.717) is 11.7 Å². The summed E-state index contributed by atoms with van der Waals surface area (Å²) >= 11 is 0. The number of aromatic nitrogens is 2. The predicted octanol–water partition coefficient (Wildman–Crippen LogP) is 3.04. The second-order valence-corrected chi connectivity index (χ2v) is 4.90. The molecule has 1 aliphatic carbocycles. The number of hydrogen-bond donors (Lipinski definition) is 1. The van der Waals surface area contributed by atoms with Gasteiger partial charge >= 0.3 is 0 Å². The zero-order valence-corrected chi connectivity index (χ0v) is 11.7. The topological polar surface area (TPSA) is 78.1 Å². The van der Waals surface area contributed by atoms with Crippen LogP contribution in [0.25, 0.3) is 11.5 Å². The van der Waals surface area contributed by atoms with Crippen molar-refractivity contribution in [2.75, 3.05) is 0 Å². The van der Waals surface area contributed by atoms with Gasteiger partial charge in [-0.15, -0.1) is 12.4 Å². The van der Waals surface area contributed by atoms with Crippen LogP contribution >= 0.6 is 12.4 Å². The van der Waals surface area contributed by atoms with Crippen LogP contribution < -0.4 is 5.73 Å². The minimum atomic E-state index is -0.405. The summed E-state index contributed by atoms with van der Waals surface area (Å²) < 4.78 is 10.7. The zero-order chi connectivity index (χ0) is 12.6. The summed E-state index contributed by atoms with van der Waals surface area (Å²) in [5, 5.41) is 4.05. The van der Waals surface area contributed by atoms with Crippen molar-refractivity contribution in [1.29, 1.82) is 0 Å². The van der Waals surface area contributed by atoms with Gasteiger partial charge in [-0.3, -0.25) is 0 Å². The molecule has 1 fully saturated rings. The second kappa shape index (κ2) is 5.35. The Hall–Kier alpha value is -1.33. The van der Waals surface area contributed by atoms with E-state index in [9.17, 15) is 0 Å². The molecule has 104 valence electrons. The van der Waals surface area contributed by atoms with Gasteiger partial charge in [0.25, 0.3) is 5.89 Å². The van der Waals surface area contributed by atoms with E-state index in [1.54, 1.807) is 6.26 Å². The van der Waals surface area contributed by atoms with E-state index in [1.807, 2.05) is 13.0 Å². The van der Waals surface area contributed by atoms with Crippen molar-refractivity contribution in [2.24, 2.45) is 5.73 Å². The molecule has 1 aliphatic rings. The van der Waals surface area contributed by atoms with Gasteiger partial charge in [0.15, 0.2) is 5.82 Å². The van der Waals surface area contributed by atoms with Gasteiger partial charge in [-0.2, -0.15) is 4.98 Å². The number of furan rings is 1. The summed E-state index contributed by atoms with van der Waals surface area (Å²) in [6.07, 6.45) is 6.56. The average Bonchev–Trinajstić information content (AvgIpc) is 3.08. The monoisotopic (exact) mass is 283 g/mol. The summed E-state index contributed by atoms with van der Waals surface area (Å²) in [6, 6.07) is 1.86. The third kappa shape index (κ3) is 2.40. The van der Waals surface area contributed by atoms with Crippen LogP contribution in [0, 0.1) is 0 Å². The number of rotatable bonds is 3. The fourth-order valence-electron chi connectivity index (χ4n) is 2.57. The lowest BCUT2D eigenvalue weighted by Gasteiger charge is -2.17. The number of halogens is 1. The van der Waals surface area contributed by atoms with Crippen molar-refractivity contribution < 1.29 is 8.94 Å². The van der Waals surface area contributed by atoms with E-state index in [4.69, 9.17) is 14.7 Å². The van der Waals surface area contributed by atoms with Crippen molar-refractivity contribution in [1.82, 2.24) is 10.1 Å². The van der Waals surface area contributed by atoms with E-state index in [0.717, 1.165) is 43.4 Å². The highest BCUT2D eigenvalue weighted by Crippen LogP contribution is 2.35. The quantitative estimate of drug-likeness (QED) is 0.937. The van der Waals surface area contributed by atoms with Crippen LogP contribution in [0.15, 0.2) is 21.3 Å². The summed E-state index contributed by atoms with van der Waals surface area (Å²) in [4.78, 5) is 4.45. The van der Waals surface area contributed by atoms with Gasteiger partial charge < -0.3 is 14.7 Å². The van der Waals surface area contributed by atoms with Gasteiger partial charge in [0.05, 0.1) is 17.4 Å². The maximum atomic E-state index is 6.31. The third-order valence-electron chi connectivity index (χ3n) is 3.66. The number of hydrogen-bond acceptors (Lipinski definition) is 5. The molecule has 2 N–H and O–H groups in total. The van der Waals surface area contributed by atoms with E-state index >= 15 is 0 Å². The molecule has 2 heterocycles. The average molecular weight is 284 g/mol. The molecule has 0 saturated heterocycles. The Morgan fingerprint density at radius 2 is 2.11 bits per heavy atom. The van der Waals surface area contributed by atoms with Gasteiger partial charge in [0.2, 0.25) is 0 Å². The maximum absolute atomic E-state index is 6.31. The summed E-state index contributed by atoms with van der Waals surface area (Å²) in [6.45, 7) is 2.03. The summed E-state index contributed by atoms with van der Waals surface area (Å²) in [5.41, 5.74) is 6.78. The van der Waals surface area contributed by atoms with Crippen LogP contribution in [0.2, 0.25) is 0 Å². The molecule has 2 aromatic heterocycles. The molecule has 2 aromatic rings. The van der Waals surface area contributed by atoms with Crippen LogP contribution in [-0.4, -0.2) is 10.1 Å². The highest BCUT2D eigenvalue weighted by atomic mass is 35.5. The lowest BCUT2D eigenvalue weighted by Crippen LogP contribution is -2.34. The molecule has 0 unspecified atom stereocenters. The normalized spacial score (nSPS) is 17.4. The van der Waals surface area contributed by atoms with Gasteiger partial charge in [0.1, 0.15) is 5.76 Å². The van der Waals surface area contributed by atoms with Gasteiger partial charge in [-0.25, -0.2) is 0 Å². The highest BCUT2D eigenvalue weighted by molar-refractivity contribution is 5.85. The molecule has 6 heteroatoms. The van der Waals surface area contributed by atoms with Crippen molar-refractivity contribution in [3.05, 3.63) is 23.9 Å². The molecule has 0 spiro atoms. The van der Waals surface area contributed by atoms with Gasteiger partial charge in [-0.05, 0) is 18.9 Å². The van der Waals surface area contributed by atoms with E-state index in [1.165, 1.54) is 0 Å². The molecular formula is C13H18ClN3O2. The number of nitrogens with two attached hydrogens (primary N) is 1. The summed E-state index contributed by atoms with van der Waals surface area (Å²) in [5.74, 6) is 1.99. The Morgan fingerprint density at radius 1 is 1.37 bits per heavy atom. The van der Waals surface area contributed by atoms with Crippen molar-refractivity contribution >= 4 is 12.4 Å². The Balaban J connectivity index is 0.00000133.